The molecule has 1 aromatic carbocycles. The summed E-state index contributed by atoms with van der Waals surface area (Å²) in [6.07, 6.45) is 2.28. The fourth-order valence-corrected chi connectivity index (χ4v) is 2.98. The average Bonchev–Trinajstić information content (AvgIpc) is 2.69. The van der Waals surface area contributed by atoms with Crippen molar-refractivity contribution in [3.63, 3.8) is 0 Å². The van der Waals surface area contributed by atoms with Crippen LogP contribution in [0.25, 0.3) is 10.1 Å². The molecule has 0 spiro atoms. The molecule has 1 nitrogen and oxygen atoms in total. The summed E-state index contributed by atoms with van der Waals surface area (Å²) in [6, 6.07) is 8.71. The Hall–Kier alpha value is -0.860. The Bertz CT molecular complexity index is 458. The Morgan fingerprint density at radius 1 is 1.19 bits per heavy atom. The topological polar surface area (TPSA) is 26.0 Å². The van der Waals surface area contributed by atoms with Crippen molar-refractivity contribution < 1.29 is 0 Å². The van der Waals surface area contributed by atoms with Gasteiger partial charge < -0.3 is 5.73 Å². The summed E-state index contributed by atoms with van der Waals surface area (Å²) in [4.78, 5) is 0. The van der Waals surface area contributed by atoms with E-state index in [0.29, 0.717) is 0 Å². The van der Waals surface area contributed by atoms with Crippen LogP contribution >= 0.6 is 11.3 Å². The molecular weight excluding hydrogens is 214 g/mol. The van der Waals surface area contributed by atoms with Gasteiger partial charge in [-0.25, -0.2) is 0 Å². The van der Waals surface area contributed by atoms with E-state index in [-0.39, 0.29) is 6.04 Å². The van der Waals surface area contributed by atoms with Gasteiger partial charge in [-0.15, -0.1) is 11.3 Å². The summed E-state index contributed by atoms with van der Waals surface area (Å²) in [5, 5.41) is 3.55. The van der Waals surface area contributed by atoms with Crippen molar-refractivity contribution in [3.05, 3.63) is 35.2 Å². The molecule has 16 heavy (non-hydrogen) atoms. The molecular formula is C14H19NS. The quantitative estimate of drug-likeness (QED) is 0.835. The summed E-state index contributed by atoms with van der Waals surface area (Å²) < 4.78 is 1.34. The summed E-state index contributed by atoms with van der Waals surface area (Å²) in [5.74, 6) is 0.732. The molecule has 0 bridgehead atoms. The molecule has 0 saturated heterocycles. The lowest BCUT2D eigenvalue weighted by molar-refractivity contribution is 0.509. The fourth-order valence-electron chi connectivity index (χ4n) is 1.95. The maximum atomic E-state index is 6.26. The van der Waals surface area contributed by atoms with Crippen LogP contribution in [0.2, 0.25) is 0 Å². The van der Waals surface area contributed by atoms with Crippen LogP contribution in [-0.4, -0.2) is 0 Å². The second-order valence-corrected chi connectivity index (χ2v) is 5.68. The molecule has 2 heteroatoms. The minimum Gasteiger partial charge on any atom is -0.324 e. The van der Waals surface area contributed by atoms with Crippen molar-refractivity contribution >= 4 is 21.4 Å². The van der Waals surface area contributed by atoms with Crippen molar-refractivity contribution in [2.45, 2.75) is 32.7 Å². The number of nitrogens with two attached hydrogens (primary N) is 1. The second-order valence-electron chi connectivity index (χ2n) is 4.76. The lowest BCUT2D eigenvalue weighted by atomic mass is 9.98. The standard InChI is InChI=1S/C14H19NS/c1-10(2)7-8-13(15)12-9-16-14-6-4-3-5-11(12)14/h3-6,9-10,13H,7-8,15H2,1-2H3/t13-/m1/s1. The van der Waals surface area contributed by atoms with Crippen molar-refractivity contribution in [2.24, 2.45) is 11.7 Å². The predicted molar refractivity (Wildman–Crippen MR) is 72.8 cm³/mol. The monoisotopic (exact) mass is 233 g/mol. The molecule has 0 amide bonds. The zero-order valence-electron chi connectivity index (χ0n) is 9.94. The van der Waals surface area contributed by atoms with Crippen LogP contribution in [-0.2, 0) is 0 Å². The zero-order valence-corrected chi connectivity index (χ0v) is 10.8. The average molecular weight is 233 g/mol. The lowest BCUT2D eigenvalue weighted by Crippen LogP contribution is -2.10. The van der Waals surface area contributed by atoms with Gasteiger partial charge in [0.25, 0.3) is 0 Å². The Morgan fingerprint density at radius 2 is 1.94 bits per heavy atom. The molecule has 2 aromatic rings. The third kappa shape index (κ3) is 2.45. The van der Waals surface area contributed by atoms with Crippen molar-refractivity contribution in [1.82, 2.24) is 0 Å². The van der Waals surface area contributed by atoms with Gasteiger partial charge in [0, 0.05) is 10.7 Å². The highest BCUT2D eigenvalue weighted by atomic mass is 32.1. The van der Waals surface area contributed by atoms with E-state index in [2.05, 4.69) is 43.5 Å². The largest absolute Gasteiger partial charge is 0.324 e. The van der Waals surface area contributed by atoms with Crippen molar-refractivity contribution in [2.75, 3.05) is 0 Å². The molecule has 0 aliphatic carbocycles. The molecule has 2 rings (SSSR count). The van der Waals surface area contributed by atoms with E-state index in [1.54, 1.807) is 11.3 Å². The number of hydrogen-bond acceptors (Lipinski definition) is 2. The number of fused-ring (bicyclic) bond motifs is 1. The van der Waals surface area contributed by atoms with Gasteiger partial charge in [0.2, 0.25) is 0 Å². The number of benzene rings is 1. The van der Waals surface area contributed by atoms with Crippen molar-refractivity contribution in [3.8, 4) is 0 Å². The summed E-state index contributed by atoms with van der Waals surface area (Å²) in [6.45, 7) is 4.50. The maximum Gasteiger partial charge on any atom is 0.0346 e. The molecule has 0 radical (unpaired) electrons. The third-order valence-electron chi connectivity index (χ3n) is 2.97. The van der Waals surface area contributed by atoms with Gasteiger partial charge in [-0.05, 0) is 41.2 Å². The molecule has 86 valence electrons. The van der Waals surface area contributed by atoms with Gasteiger partial charge in [0.15, 0.2) is 0 Å². The molecule has 2 N–H and O–H groups in total. The van der Waals surface area contributed by atoms with Gasteiger partial charge in [0.1, 0.15) is 0 Å². The van der Waals surface area contributed by atoms with Gasteiger partial charge in [-0.1, -0.05) is 32.0 Å². The van der Waals surface area contributed by atoms with E-state index >= 15 is 0 Å². The second kappa shape index (κ2) is 4.98. The molecule has 0 aliphatic heterocycles. The molecule has 1 atom stereocenters. The van der Waals surface area contributed by atoms with E-state index in [9.17, 15) is 0 Å². The summed E-state index contributed by atoms with van der Waals surface area (Å²) in [5.41, 5.74) is 7.58. The molecule has 1 aromatic heterocycles. The third-order valence-corrected chi connectivity index (χ3v) is 3.95. The van der Waals surface area contributed by atoms with Crippen molar-refractivity contribution in [1.29, 1.82) is 0 Å². The van der Waals surface area contributed by atoms with Crippen LogP contribution in [0.5, 0.6) is 0 Å². The van der Waals surface area contributed by atoms with E-state index < -0.39 is 0 Å². The Kier molecular flexibility index (Phi) is 3.62. The number of hydrogen-bond donors (Lipinski definition) is 1. The zero-order chi connectivity index (χ0) is 11.5. The van der Waals surface area contributed by atoms with Gasteiger partial charge in [-0.3, -0.25) is 0 Å². The van der Waals surface area contributed by atoms with Crippen LogP contribution in [0.3, 0.4) is 0 Å². The smallest absolute Gasteiger partial charge is 0.0346 e. The fraction of sp³-hybridized carbons (Fsp3) is 0.429. The van der Waals surface area contributed by atoms with E-state index in [0.717, 1.165) is 12.3 Å². The first-order valence-corrected chi connectivity index (χ1v) is 6.78. The van der Waals surface area contributed by atoms with Crippen LogP contribution in [0.4, 0.5) is 0 Å². The first-order valence-electron chi connectivity index (χ1n) is 5.90. The molecule has 0 unspecified atom stereocenters. The molecule has 0 aliphatic rings. The Morgan fingerprint density at radius 3 is 2.69 bits per heavy atom. The summed E-state index contributed by atoms with van der Waals surface area (Å²) in [7, 11) is 0. The van der Waals surface area contributed by atoms with E-state index in [1.807, 2.05) is 0 Å². The highest BCUT2D eigenvalue weighted by Gasteiger charge is 2.11. The molecule has 0 fully saturated rings. The Balaban J connectivity index is 2.19. The Labute approximate surface area is 101 Å². The van der Waals surface area contributed by atoms with Crippen LogP contribution < -0.4 is 5.73 Å². The van der Waals surface area contributed by atoms with Gasteiger partial charge in [-0.2, -0.15) is 0 Å². The van der Waals surface area contributed by atoms with Crippen LogP contribution in [0.15, 0.2) is 29.6 Å². The van der Waals surface area contributed by atoms with E-state index in [4.69, 9.17) is 5.73 Å². The van der Waals surface area contributed by atoms with Crippen LogP contribution in [0.1, 0.15) is 38.3 Å². The molecule has 0 saturated carbocycles. The maximum absolute atomic E-state index is 6.26. The van der Waals surface area contributed by atoms with E-state index in [1.165, 1.54) is 22.1 Å². The normalized spacial score (nSPS) is 13.5. The SMILES string of the molecule is CC(C)CC[C@@H](N)c1csc2ccccc12. The lowest BCUT2D eigenvalue weighted by Gasteiger charge is -2.12. The minimum atomic E-state index is 0.193. The van der Waals surface area contributed by atoms with Gasteiger partial charge >= 0.3 is 0 Å². The highest BCUT2D eigenvalue weighted by Crippen LogP contribution is 2.31. The molecule has 1 heterocycles. The first kappa shape index (κ1) is 11.6. The van der Waals surface area contributed by atoms with Gasteiger partial charge in [0.05, 0.1) is 0 Å². The number of rotatable bonds is 4. The summed E-state index contributed by atoms with van der Waals surface area (Å²) >= 11 is 1.80. The highest BCUT2D eigenvalue weighted by molar-refractivity contribution is 7.17. The minimum absolute atomic E-state index is 0.193. The number of thiophene rings is 1. The predicted octanol–water partition coefficient (Wildman–Crippen LogP) is 4.34. The first-order chi connectivity index (χ1) is 7.68. The van der Waals surface area contributed by atoms with Crippen LogP contribution in [0, 0.1) is 5.92 Å².